The van der Waals surface area contributed by atoms with Crippen LogP contribution < -0.4 is 5.73 Å². The summed E-state index contributed by atoms with van der Waals surface area (Å²) in [6, 6.07) is 21.1. The molecular weight excluding hydrogens is 442 g/mol. The number of sulfonamides is 1. The van der Waals surface area contributed by atoms with Crippen LogP contribution in [-0.2, 0) is 21.2 Å². The Balaban J connectivity index is 2.01. The van der Waals surface area contributed by atoms with E-state index in [9.17, 15) is 23.3 Å². The smallest absolute Gasteiger partial charge is 0.269 e. The molecule has 2 N–H and O–H groups in total. The maximum absolute atomic E-state index is 13.5. The largest absolute Gasteiger partial charge is 0.368 e. The van der Waals surface area contributed by atoms with Crippen molar-refractivity contribution in [1.82, 2.24) is 4.31 Å². The summed E-state index contributed by atoms with van der Waals surface area (Å²) in [5.74, 6) is 4.86. The molecule has 168 valence electrons. The number of carbonyl (C=O) groups excluding carboxylic acids is 1. The lowest BCUT2D eigenvalue weighted by molar-refractivity contribution is -0.384. The van der Waals surface area contributed by atoms with Gasteiger partial charge in [0.1, 0.15) is 6.04 Å². The van der Waals surface area contributed by atoms with Gasteiger partial charge in [-0.3, -0.25) is 14.9 Å². The number of nitro benzene ring substituents is 1. The van der Waals surface area contributed by atoms with Gasteiger partial charge >= 0.3 is 0 Å². The minimum atomic E-state index is -4.25. The average molecular weight is 464 g/mol. The predicted octanol–water partition coefficient (Wildman–Crippen LogP) is 2.73. The summed E-state index contributed by atoms with van der Waals surface area (Å²) < 4.78 is 27.9. The number of hydrogen-bond donors (Lipinski definition) is 1. The Bertz CT molecular complexity index is 1280. The third-order valence-electron chi connectivity index (χ3n) is 4.84. The number of amides is 1. The van der Waals surface area contributed by atoms with Crippen LogP contribution in [-0.4, -0.2) is 36.1 Å². The highest BCUT2D eigenvalue weighted by Gasteiger charge is 2.34. The predicted molar refractivity (Wildman–Crippen MR) is 123 cm³/mol. The number of primary amides is 1. The van der Waals surface area contributed by atoms with E-state index in [1.807, 2.05) is 6.07 Å². The van der Waals surface area contributed by atoms with Crippen LogP contribution in [0.15, 0.2) is 89.8 Å². The molecule has 0 aliphatic carbocycles. The standard InChI is InChI=1S/C24H21N3O5S/c25-24(28)23(18-20-10-5-2-6-11-20)26(17-7-12-19-8-3-1-4-9-19)33(31,32)22-15-13-21(14-16-22)27(29)30/h1-6,8-11,13-16,23H,17-18H2,(H2,25,28)/t23-/m0/s1. The molecule has 3 aromatic carbocycles. The first-order valence-corrected chi connectivity index (χ1v) is 11.4. The zero-order chi connectivity index (χ0) is 23.8. The lowest BCUT2D eigenvalue weighted by Crippen LogP contribution is -2.49. The zero-order valence-corrected chi connectivity index (χ0v) is 18.3. The number of hydrogen-bond acceptors (Lipinski definition) is 5. The summed E-state index contributed by atoms with van der Waals surface area (Å²) in [6.07, 6.45) is 0.0510. The van der Waals surface area contributed by atoms with Gasteiger partial charge < -0.3 is 5.73 Å². The highest BCUT2D eigenvalue weighted by atomic mass is 32.2. The van der Waals surface area contributed by atoms with Crippen molar-refractivity contribution in [1.29, 1.82) is 0 Å². The summed E-state index contributed by atoms with van der Waals surface area (Å²) in [5.41, 5.74) is 6.78. The third kappa shape index (κ3) is 6.04. The Kier molecular flexibility index (Phi) is 7.56. The molecule has 33 heavy (non-hydrogen) atoms. The van der Waals surface area contributed by atoms with Gasteiger partial charge in [-0.1, -0.05) is 60.4 Å². The second kappa shape index (κ2) is 10.5. The van der Waals surface area contributed by atoms with Gasteiger partial charge in [0.15, 0.2) is 0 Å². The highest BCUT2D eigenvalue weighted by molar-refractivity contribution is 7.89. The summed E-state index contributed by atoms with van der Waals surface area (Å²) in [7, 11) is -4.25. The van der Waals surface area contributed by atoms with Crippen LogP contribution in [0.3, 0.4) is 0 Å². The molecule has 0 aliphatic heterocycles. The fourth-order valence-electron chi connectivity index (χ4n) is 3.16. The molecule has 0 spiro atoms. The van der Waals surface area contributed by atoms with Crippen molar-refractivity contribution >= 4 is 21.6 Å². The SMILES string of the molecule is NC(=O)[C@H](Cc1ccccc1)N(CC#Cc1ccccc1)S(=O)(=O)c1ccc([N+](=O)[O-])cc1. The van der Waals surface area contributed by atoms with E-state index >= 15 is 0 Å². The second-order valence-corrected chi connectivity index (χ2v) is 8.97. The third-order valence-corrected chi connectivity index (χ3v) is 6.71. The number of carbonyl (C=O) groups is 1. The van der Waals surface area contributed by atoms with E-state index in [2.05, 4.69) is 11.8 Å². The highest BCUT2D eigenvalue weighted by Crippen LogP contribution is 2.23. The number of benzene rings is 3. The minimum absolute atomic E-state index is 0.0510. The van der Waals surface area contributed by atoms with Crippen LogP contribution >= 0.6 is 0 Å². The normalized spacial score (nSPS) is 11.9. The number of rotatable bonds is 8. The molecule has 0 aromatic heterocycles. The van der Waals surface area contributed by atoms with Crippen molar-refractivity contribution in [2.45, 2.75) is 17.4 Å². The molecule has 0 fully saturated rings. The van der Waals surface area contributed by atoms with Gasteiger partial charge in [0.25, 0.3) is 5.69 Å². The summed E-state index contributed by atoms with van der Waals surface area (Å²) in [4.78, 5) is 22.5. The molecule has 0 heterocycles. The number of nitro groups is 1. The van der Waals surface area contributed by atoms with Crippen LogP contribution in [0.25, 0.3) is 0 Å². The van der Waals surface area contributed by atoms with E-state index < -0.39 is 26.9 Å². The average Bonchev–Trinajstić information content (AvgIpc) is 2.82. The van der Waals surface area contributed by atoms with Crippen LogP contribution in [0, 0.1) is 22.0 Å². The van der Waals surface area contributed by atoms with E-state index in [0.29, 0.717) is 5.56 Å². The first-order valence-electron chi connectivity index (χ1n) is 9.92. The van der Waals surface area contributed by atoms with Crippen LogP contribution in [0.4, 0.5) is 5.69 Å². The lowest BCUT2D eigenvalue weighted by atomic mass is 10.1. The van der Waals surface area contributed by atoms with Crippen molar-refractivity contribution in [3.05, 3.63) is 106 Å². The monoisotopic (exact) mass is 463 g/mol. The summed E-state index contributed by atoms with van der Waals surface area (Å²) >= 11 is 0. The Morgan fingerprint density at radius 2 is 1.55 bits per heavy atom. The van der Waals surface area contributed by atoms with Crippen LogP contribution in [0.1, 0.15) is 11.1 Å². The molecule has 8 nitrogen and oxygen atoms in total. The molecule has 1 amide bonds. The minimum Gasteiger partial charge on any atom is -0.368 e. The molecule has 0 saturated carbocycles. The summed E-state index contributed by atoms with van der Waals surface area (Å²) in [6.45, 7) is -0.297. The molecule has 9 heteroatoms. The van der Waals surface area contributed by atoms with Crippen molar-refractivity contribution in [2.24, 2.45) is 5.73 Å². The van der Waals surface area contributed by atoms with E-state index in [-0.39, 0.29) is 23.5 Å². The molecule has 1 atom stereocenters. The van der Waals surface area contributed by atoms with Crippen molar-refractivity contribution in [3.63, 3.8) is 0 Å². The van der Waals surface area contributed by atoms with Gasteiger partial charge in [-0.05, 0) is 36.2 Å². The molecular formula is C24H21N3O5S. The zero-order valence-electron chi connectivity index (χ0n) is 17.5. The van der Waals surface area contributed by atoms with Gasteiger partial charge in [-0.2, -0.15) is 4.31 Å². The molecule has 0 saturated heterocycles. The molecule has 0 radical (unpaired) electrons. The Morgan fingerprint density at radius 1 is 0.970 bits per heavy atom. The molecule has 0 unspecified atom stereocenters. The van der Waals surface area contributed by atoms with Gasteiger partial charge in [-0.15, -0.1) is 0 Å². The lowest BCUT2D eigenvalue weighted by Gasteiger charge is -2.27. The Morgan fingerprint density at radius 3 is 2.09 bits per heavy atom. The first kappa shape index (κ1) is 23.7. The van der Waals surface area contributed by atoms with Crippen molar-refractivity contribution in [2.75, 3.05) is 6.54 Å². The van der Waals surface area contributed by atoms with Crippen molar-refractivity contribution in [3.8, 4) is 11.8 Å². The maximum Gasteiger partial charge on any atom is 0.269 e. The van der Waals surface area contributed by atoms with Gasteiger partial charge in [0.2, 0.25) is 15.9 Å². The van der Waals surface area contributed by atoms with Crippen LogP contribution in [0.2, 0.25) is 0 Å². The Labute approximate surface area is 191 Å². The molecule has 3 aromatic rings. The van der Waals surface area contributed by atoms with E-state index in [1.165, 1.54) is 0 Å². The second-order valence-electron chi connectivity index (χ2n) is 7.08. The van der Waals surface area contributed by atoms with E-state index in [4.69, 9.17) is 5.73 Å². The Hall–Kier alpha value is -4.00. The van der Waals surface area contributed by atoms with Crippen LogP contribution in [0.5, 0.6) is 0 Å². The molecule has 0 bridgehead atoms. The topological polar surface area (TPSA) is 124 Å². The number of non-ortho nitro benzene ring substituents is 1. The fraction of sp³-hybridized carbons (Fsp3) is 0.125. The van der Waals surface area contributed by atoms with Gasteiger partial charge in [0, 0.05) is 17.7 Å². The van der Waals surface area contributed by atoms with E-state index in [0.717, 1.165) is 34.1 Å². The van der Waals surface area contributed by atoms with Crippen molar-refractivity contribution < 1.29 is 18.1 Å². The molecule has 3 rings (SSSR count). The molecule has 0 aliphatic rings. The summed E-state index contributed by atoms with van der Waals surface area (Å²) in [5, 5.41) is 10.9. The quantitative estimate of drug-likeness (QED) is 0.313. The van der Waals surface area contributed by atoms with Gasteiger partial charge in [0.05, 0.1) is 16.4 Å². The number of nitrogens with zero attached hydrogens (tertiary/aromatic N) is 2. The fourth-order valence-corrected chi connectivity index (χ4v) is 4.66. The van der Waals surface area contributed by atoms with Gasteiger partial charge in [-0.25, -0.2) is 8.42 Å². The number of nitrogens with two attached hydrogens (primary N) is 1. The maximum atomic E-state index is 13.5. The van der Waals surface area contributed by atoms with E-state index in [1.54, 1.807) is 54.6 Å². The first-order chi connectivity index (χ1) is 15.8.